The summed E-state index contributed by atoms with van der Waals surface area (Å²) >= 11 is 5.57. The minimum absolute atomic E-state index is 0.00255. The molecule has 1 aromatic rings. The molecule has 15 heavy (non-hydrogen) atoms. The fraction of sp³-hybridized carbons (Fsp3) is 0.250. The van der Waals surface area contributed by atoms with Gasteiger partial charge in [0.05, 0.1) is 10.7 Å². The van der Waals surface area contributed by atoms with Crippen LogP contribution in [0.2, 0.25) is 5.02 Å². The molecule has 0 radical (unpaired) electrons. The molecule has 82 valence electrons. The quantitative estimate of drug-likeness (QED) is 0.604. The molecule has 0 aliphatic carbocycles. The van der Waals surface area contributed by atoms with E-state index in [1.165, 1.54) is 18.2 Å². The molecule has 0 amide bonds. The molecule has 0 aromatic heterocycles. The van der Waals surface area contributed by atoms with Crippen LogP contribution in [0.15, 0.2) is 18.2 Å². The summed E-state index contributed by atoms with van der Waals surface area (Å²) in [6.07, 6.45) is 1.06. The summed E-state index contributed by atoms with van der Waals surface area (Å²) in [7, 11) is -3.20. The molecule has 0 fully saturated rings. The molecule has 0 heterocycles. The fourth-order valence-corrected chi connectivity index (χ4v) is 2.06. The standard InChI is InChI=1S/C8H8ClNO4S/c1-15(13,14)5-6-2-3-7(9)8(4-6)10(11)12/h2-4H,5H2,1H3. The van der Waals surface area contributed by atoms with E-state index in [9.17, 15) is 18.5 Å². The maximum absolute atomic E-state index is 11.0. The van der Waals surface area contributed by atoms with Gasteiger partial charge in [-0.2, -0.15) is 0 Å². The van der Waals surface area contributed by atoms with Gasteiger partial charge in [-0.25, -0.2) is 8.42 Å². The number of benzene rings is 1. The third-order valence-corrected chi connectivity index (χ3v) is 2.81. The van der Waals surface area contributed by atoms with Crippen LogP contribution in [-0.4, -0.2) is 19.6 Å². The molecule has 7 heteroatoms. The maximum Gasteiger partial charge on any atom is 0.288 e. The number of nitro groups is 1. The van der Waals surface area contributed by atoms with Gasteiger partial charge in [0.15, 0.2) is 9.84 Å². The van der Waals surface area contributed by atoms with E-state index in [2.05, 4.69) is 0 Å². The number of nitro benzene ring substituents is 1. The third kappa shape index (κ3) is 3.49. The summed E-state index contributed by atoms with van der Waals surface area (Å²) in [6, 6.07) is 3.94. The van der Waals surface area contributed by atoms with Crippen LogP contribution < -0.4 is 0 Å². The molecule has 1 aromatic carbocycles. The van der Waals surface area contributed by atoms with E-state index >= 15 is 0 Å². The van der Waals surface area contributed by atoms with E-state index in [0.29, 0.717) is 5.56 Å². The molecule has 0 aliphatic rings. The van der Waals surface area contributed by atoms with Crippen LogP contribution in [0.3, 0.4) is 0 Å². The Morgan fingerprint density at radius 2 is 2.07 bits per heavy atom. The molecule has 0 bridgehead atoms. The lowest BCUT2D eigenvalue weighted by Gasteiger charge is -2.00. The zero-order valence-corrected chi connectivity index (χ0v) is 9.38. The summed E-state index contributed by atoms with van der Waals surface area (Å²) in [6.45, 7) is 0. The van der Waals surface area contributed by atoms with Gasteiger partial charge in [-0.15, -0.1) is 0 Å². The molecule has 5 nitrogen and oxygen atoms in total. The smallest absolute Gasteiger partial charge is 0.258 e. The van der Waals surface area contributed by atoms with Crippen LogP contribution in [0.5, 0.6) is 0 Å². The average Bonchev–Trinajstić information content (AvgIpc) is 2.05. The van der Waals surface area contributed by atoms with Crippen molar-refractivity contribution in [2.75, 3.05) is 6.26 Å². The molecule has 0 N–H and O–H groups in total. The molecular formula is C8H8ClNO4S. The fourth-order valence-electron chi connectivity index (χ4n) is 1.09. The molecule has 0 saturated carbocycles. The molecular weight excluding hydrogens is 242 g/mol. The number of halogens is 1. The van der Waals surface area contributed by atoms with Crippen LogP contribution in [0.25, 0.3) is 0 Å². The van der Waals surface area contributed by atoms with Crippen molar-refractivity contribution in [3.63, 3.8) is 0 Å². The molecule has 1 rings (SSSR count). The van der Waals surface area contributed by atoms with Crippen molar-refractivity contribution in [2.24, 2.45) is 0 Å². The summed E-state index contributed by atoms with van der Waals surface area (Å²) in [5.74, 6) is -0.231. The highest BCUT2D eigenvalue weighted by Crippen LogP contribution is 2.25. The Balaban J connectivity index is 3.14. The van der Waals surface area contributed by atoms with Crippen molar-refractivity contribution < 1.29 is 13.3 Å². The van der Waals surface area contributed by atoms with Crippen molar-refractivity contribution in [1.82, 2.24) is 0 Å². The van der Waals surface area contributed by atoms with E-state index < -0.39 is 14.8 Å². The first-order valence-electron chi connectivity index (χ1n) is 3.90. The lowest BCUT2D eigenvalue weighted by atomic mass is 10.2. The van der Waals surface area contributed by atoms with E-state index in [1.54, 1.807) is 0 Å². The van der Waals surface area contributed by atoms with Gasteiger partial charge in [-0.3, -0.25) is 10.1 Å². The molecule has 0 saturated heterocycles. The largest absolute Gasteiger partial charge is 0.288 e. The van der Waals surface area contributed by atoms with Crippen molar-refractivity contribution >= 4 is 27.1 Å². The van der Waals surface area contributed by atoms with Gasteiger partial charge in [0, 0.05) is 12.3 Å². The molecule has 0 spiro atoms. The maximum atomic E-state index is 11.0. The molecule has 0 unspecified atom stereocenters. The number of hydrogen-bond donors (Lipinski definition) is 0. The van der Waals surface area contributed by atoms with Crippen molar-refractivity contribution in [3.05, 3.63) is 38.9 Å². The zero-order valence-electron chi connectivity index (χ0n) is 7.81. The van der Waals surface area contributed by atoms with Crippen LogP contribution in [0, 0.1) is 10.1 Å². The predicted molar refractivity (Wildman–Crippen MR) is 56.7 cm³/mol. The summed E-state index contributed by atoms with van der Waals surface area (Å²) in [5, 5.41) is 10.5. The van der Waals surface area contributed by atoms with Gasteiger partial charge in [0.2, 0.25) is 0 Å². The van der Waals surface area contributed by atoms with E-state index in [-0.39, 0.29) is 16.5 Å². The first-order valence-corrected chi connectivity index (χ1v) is 6.34. The van der Waals surface area contributed by atoms with Gasteiger partial charge >= 0.3 is 0 Å². The minimum atomic E-state index is -3.20. The Bertz CT molecular complexity index is 497. The monoisotopic (exact) mass is 249 g/mol. The number of nitrogens with zero attached hydrogens (tertiary/aromatic N) is 1. The summed E-state index contributed by atoms with van der Waals surface area (Å²) in [5.41, 5.74) is 0.0754. The van der Waals surface area contributed by atoms with E-state index in [4.69, 9.17) is 11.6 Å². The lowest BCUT2D eigenvalue weighted by molar-refractivity contribution is -0.384. The van der Waals surface area contributed by atoms with Gasteiger partial charge in [0.1, 0.15) is 5.02 Å². The number of rotatable bonds is 3. The molecule has 0 aliphatic heterocycles. The van der Waals surface area contributed by atoms with E-state index in [1.807, 2.05) is 0 Å². The van der Waals surface area contributed by atoms with Crippen LogP contribution in [-0.2, 0) is 15.6 Å². The third-order valence-electron chi connectivity index (χ3n) is 1.64. The highest BCUT2D eigenvalue weighted by Gasteiger charge is 2.14. The Labute approximate surface area is 91.7 Å². The second-order valence-corrected chi connectivity index (χ2v) is 5.66. The number of hydrogen-bond acceptors (Lipinski definition) is 4. The van der Waals surface area contributed by atoms with Crippen LogP contribution >= 0.6 is 11.6 Å². The SMILES string of the molecule is CS(=O)(=O)Cc1ccc(Cl)c([N+](=O)[O-])c1. The summed E-state index contributed by atoms with van der Waals surface area (Å²) in [4.78, 5) is 9.87. The summed E-state index contributed by atoms with van der Waals surface area (Å²) < 4.78 is 21.9. The minimum Gasteiger partial charge on any atom is -0.258 e. The zero-order chi connectivity index (χ0) is 11.6. The van der Waals surface area contributed by atoms with Crippen LogP contribution in [0.4, 0.5) is 5.69 Å². The Hall–Kier alpha value is -1.14. The van der Waals surface area contributed by atoms with Gasteiger partial charge in [-0.05, 0) is 11.6 Å². The number of sulfone groups is 1. The Morgan fingerprint density at radius 1 is 1.47 bits per heavy atom. The Morgan fingerprint density at radius 3 is 2.53 bits per heavy atom. The topological polar surface area (TPSA) is 77.3 Å². The second-order valence-electron chi connectivity index (χ2n) is 3.11. The lowest BCUT2D eigenvalue weighted by Crippen LogP contribution is -2.01. The predicted octanol–water partition coefficient (Wildman–Crippen LogP) is 1.79. The first-order chi connectivity index (χ1) is 6.79. The average molecular weight is 250 g/mol. The van der Waals surface area contributed by atoms with Gasteiger partial charge < -0.3 is 0 Å². The van der Waals surface area contributed by atoms with Crippen molar-refractivity contribution in [1.29, 1.82) is 0 Å². The first kappa shape index (κ1) is 11.9. The normalized spacial score (nSPS) is 11.3. The van der Waals surface area contributed by atoms with E-state index in [0.717, 1.165) is 6.26 Å². The molecule has 0 atom stereocenters. The Kier molecular flexibility index (Phi) is 3.31. The van der Waals surface area contributed by atoms with Crippen molar-refractivity contribution in [3.8, 4) is 0 Å². The highest BCUT2D eigenvalue weighted by molar-refractivity contribution is 7.89. The van der Waals surface area contributed by atoms with Gasteiger partial charge in [-0.1, -0.05) is 17.7 Å². The van der Waals surface area contributed by atoms with Crippen LogP contribution in [0.1, 0.15) is 5.56 Å². The van der Waals surface area contributed by atoms with Gasteiger partial charge in [0.25, 0.3) is 5.69 Å². The second kappa shape index (κ2) is 4.16. The van der Waals surface area contributed by atoms with Crippen molar-refractivity contribution in [2.45, 2.75) is 5.75 Å². The highest BCUT2D eigenvalue weighted by atomic mass is 35.5.